The van der Waals surface area contributed by atoms with E-state index in [0.29, 0.717) is 6.54 Å². The molecule has 0 aliphatic rings. The number of aliphatic hydroxyl groups excluding tert-OH is 1. The molecule has 19 heavy (non-hydrogen) atoms. The van der Waals surface area contributed by atoms with Crippen LogP contribution in [0.5, 0.6) is 0 Å². The van der Waals surface area contributed by atoms with Crippen LogP contribution in [0.2, 0.25) is 0 Å². The van der Waals surface area contributed by atoms with Crippen LogP contribution in [0, 0.1) is 5.82 Å². The van der Waals surface area contributed by atoms with Crippen molar-refractivity contribution in [3.8, 4) is 0 Å². The molecule has 0 fully saturated rings. The van der Waals surface area contributed by atoms with E-state index < -0.39 is 0 Å². The zero-order chi connectivity index (χ0) is 13.2. The Labute approximate surface area is 110 Å². The van der Waals surface area contributed by atoms with Gasteiger partial charge in [-0.25, -0.2) is 4.39 Å². The van der Waals surface area contributed by atoms with Gasteiger partial charge in [0.15, 0.2) is 0 Å². The van der Waals surface area contributed by atoms with Crippen molar-refractivity contribution in [1.29, 1.82) is 0 Å². The molecule has 0 saturated heterocycles. The van der Waals surface area contributed by atoms with Gasteiger partial charge in [-0.05, 0) is 29.1 Å². The number of aliphatic hydroxyl groups is 1. The number of halogens is 1. The van der Waals surface area contributed by atoms with Crippen LogP contribution in [0.3, 0.4) is 0 Å². The second-order valence-corrected chi connectivity index (χ2v) is 4.59. The minimum Gasteiger partial charge on any atom is -0.392 e. The van der Waals surface area contributed by atoms with E-state index >= 15 is 0 Å². The fourth-order valence-corrected chi connectivity index (χ4v) is 2.43. The molecule has 0 aliphatic heterocycles. The van der Waals surface area contributed by atoms with Gasteiger partial charge in [0.1, 0.15) is 5.82 Å². The number of para-hydroxylation sites is 1. The maximum Gasteiger partial charge on any atom is 0.123 e. The van der Waals surface area contributed by atoms with Crippen molar-refractivity contribution in [2.45, 2.75) is 13.2 Å². The minimum atomic E-state index is -0.226. The van der Waals surface area contributed by atoms with E-state index in [2.05, 4.69) is 0 Å². The van der Waals surface area contributed by atoms with Crippen molar-refractivity contribution in [3.63, 3.8) is 0 Å². The maximum absolute atomic E-state index is 13.2. The molecule has 3 heteroatoms. The summed E-state index contributed by atoms with van der Waals surface area (Å²) in [5.41, 5.74) is 2.80. The van der Waals surface area contributed by atoms with Crippen molar-refractivity contribution < 1.29 is 9.50 Å². The number of nitrogens with zero attached hydrogens (tertiary/aromatic N) is 1. The van der Waals surface area contributed by atoms with Gasteiger partial charge in [-0.2, -0.15) is 0 Å². The molecule has 1 heterocycles. The van der Waals surface area contributed by atoms with Gasteiger partial charge < -0.3 is 9.67 Å². The summed E-state index contributed by atoms with van der Waals surface area (Å²) in [4.78, 5) is 0. The number of fused-ring (bicyclic) bond motifs is 1. The first-order valence-electron chi connectivity index (χ1n) is 6.20. The van der Waals surface area contributed by atoms with E-state index in [1.807, 2.05) is 41.1 Å². The predicted octanol–water partition coefficient (Wildman–Crippen LogP) is 3.32. The molecule has 0 spiro atoms. The summed E-state index contributed by atoms with van der Waals surface area (Å²) in [6, 6.07) is 14.4. The van der Waals surface area contributed by atoms with Gasteiger partial charge >= 0.3 is 0 Å². The Bertz CT molecular complexity index is 718. The molecular formula is C16H14FNO. The Kier molecular flexibility index (Phi) is 3.05. The first-order chi connectivity index (χ1) is 9.28. The zero-order valence-corrected chi connectivity index (χ0v) is 10.4. The van der Waals surface area contributed by atoms with Crippen LogP contribution >= 0.6 is 0 Å². The van der Waals surface area contributed by atoms with Gasteiger partial charge in [0, 0.05) is 18.3 Å². The molecule has 1 N–H and O–H groups in total. The van der Waals surface area contributed by atoms with E-state index in [9.17, 15) is 9.50 Å². The lowest BCUT2D eigenvalue weighted by Crippen LogP contribution is -2.00. The summed E-state index contributed by atoms with van der Waals surface area (Å²) >= 11 is 0. The molecule has 2 aromatic carbocycles. The Morgan fingerprint density at radius 2 is 1.89 bits per heavy atom. The first-order valence-corrected chi connectivity index (χ1v) is 6.20. The second kappa shape index (κ2) is 4.86. The molecule has 1 aromatic heterocycles. The SMILES string of the molecule is OCc1cccc2ccn(Cc3cccc(F)c3)c12. The average molecular weight is 255 g/mol. The molecule has 2 nitrogen and oxygen atoms in total. The van der Waals surface area contributed by atoms with E-state index in [4.69, 9.17) is 0 Å². The topological polar surface area (TPSA) is 25.2 Å². The van der Waals surface area contributed by atoms with Crippen LogP contribution in [0.1, 0.15) is 11.1 Å². The highest BCUT2D eigenvalue weighted by Crippen LogP contribution is 2.21. The normalized spacial score (nSPS) is 11.1. The fourth-order valence-electron chi connectivity index (χ4n) is 2.43. The highest BCUT2D eigenvalue weighted by molar-refractivity contribution is 5.83. The fraction of sp³-hybridized carbons (Fsp3) is 0.125. The lowest BCUT2D eigenvalue weighted by molar-refractivity contribution is 0.283. The summed E-state index contributed by atoms with van der Waals surface area (Å²) in [6.45, 7) is 0.600. The maximum atomic E-state index is 13.2. The Hall–Kier alpha value is -2.13. The molecule has 0 atom stereocenters. The standard InChI is InChI=1S/C16H14FNO/c17-15-6-1-3-12(9-15)10-18-8-7-13-4-2-5-14(11-19)16(13)18/h1-9,19H,10-11H2. The number of hydrogen-bond acceptors (Lipinski definition) is 1. The van der Waals surface area contributed by atoms with E-state index in [1.54, 1.807) is 6.07 Å². The van der Waals surface area contributed by atoms with E-state index in [1.165, 1.54) is 12.1 Å². The summed E-state index contributed by atoms with van der Waals surface area (Å²) < 4.78 is 15.2. The van der Waals surface area contributed by atoms with Gasteiger partial charge in [-0.3, -0.25) is 0 Å². The van der Waals surface area contributed by atoms with Crippen molar-refractivity contribution in [2.24, 2.45) is 0 Å². The summed E-state index contributed by atoms with van der Waals surface area (Å²) in [5, 5.41) is 10.5. The van der Waals surface area contributed by atoms with Crippen LogP contribution in [0.25, 0.3) is 10.9 Å². The minimum absolute atomic E-state index is 0.00447. The molecule has 0 saturated carbocycles. The van der Waals surface area contributed by atoms with Gasteiger partial charge in [-0.15, -0.1) is 0 Å². The molecule has 0 radical (unpaired) electrons. The summed E-state index contributed by atoms with van der Waals surface area (Å²) in [5.74, 6) is -0.226. The van der Waals surface area contributed by atoms with Crippen LogP contribution in [-0.4, -0.2) is 9.67 Å². The molecule has 0 unspecified atom stereocenters. The molecule has 0 bridgehead atoms. The summed E-state index contributed by atoms with van der Waals surface area (Å²) in [6.07, 6.45) is 1.97. The van der Waals surface area contributed by atoms with Crippen LogP contribution in [0.4, 0.5) is 4.39 Å². The third kappa shape index (κ3) is 2.25. The van der Waals surface area contributed by atoms with E-state index in [-0.39, 0.29) is 12.4 Å². The zero-order valence-electron chi connectivity index (χ0n) is 10.4. The summed E-state index contributed by atoms with van der Waals surface area (Å²) in [7, 11) is 0. The van der Waals surface area contributed by atoms with Gasteiger partial charge in [0.25, 0.3) is 0 Å². The molecule has 96 valence electrons. The molecular weight excluding hydrogens is 241 g/mol. The number of aromatic nitrogens is 1. The smallest absolute Gasteiger partial charge is 0.123 e. The Balaban J connectivity index is 2.06. The van der Waals surface area contributed by atoms with Crippen LogP contribution in [0.15, 0.2) is 54.7 Å². The number of benzene rings is 2. The van der Waals surface area contributed by atoms with E-state index in [0.717, 1.165) is 22.0 Å². The molecule has 3 aromatic rings. The highest BCUT2D eigenvalue weighted by Gasteiger charge is 2.06. The molecule has 3 rings (SSSR count). The van der Waals surface area contributed by atoms with Crippen LogP contribution in [-0.2, 0) is 13.2 Å². The van der Waals surface area contributed by atoms with Gasteiger partial charge in [0.2, 0.25) is 0 Å². The third-order valence-electron chi connectivity index (χ3n) is 3.28. The predicted molar refractivity (Wildman–Crippen MR) is 73.4 cm³/mol. The highest BCUT2D eigenvalue weighted by atomic mass is 19.1. The van der Waals surface area contributed by atoms with Crippen molar-refractivity contribution >= 4 is 10.9 Å². The quantitative estimate of drug-likeness (QED) is 0.763. The molecule has 0 aliphatic carbocycles. The first kappa shape index (κ1) is 11.9. The van der Waals surface area contributed by atoms with Gasteiger partial charge in [0.05, 0.1) is 12.1 Å². The van der Waals surface area contributed by atoms with Crippen molar-refractivity contribution in [3.05, 3.63) is 71.7 Å². The molecule has 0 amide bonds. The van der Waals surface area contributed by atoms with Crippen molar-refractivity contribution in [1.82, 2.24) is 4.57 Å². The number of hydrogen-bond donors (Lipinski definition) is 1. The lowest BCUT2D eigenvalue weighted by atomic mass is 10.1. The third-order valence-corrected chi connectivity index (χ3v) is 3.28. The number of rotatable bonds is 3. The Morgan fingerprint density at radius 3 is 2.68 bits per heavy atom. The largest absolute Gasteiger partial charge is 0.392 e. The lowest BCUT2D eigenvalue weighted by Gasteiger charge is -2.09. The van der Waals surface area contributed by atoms with Gasteiger partial charge in [-0.1, -0.05) is 30.3 Å². The van der Waals surface area contributed by atoms with Crippen LogP contribution < -0.4 is 0 Å². The second-order valence-electron chi connectivity index (χ2n) is 4.59. The monoisotopic (exact) mass is 255 g/mol. The Morgan fingerprint density at radius 1 is 1.05 bits per heavy atom. The van der Waals surface area contributed by atoms with Crippen molar-refractivity contribution in [2.75, 3.05) is 0 Å². The average Bonchev–Trinajstić information content (AvgIpc) is 2.82.